The molecule has 6 nitrogen and oxygen atoms in total. The number of pyridine rings is 1. The molecule has 34 heavy (non-hydrogen) atoms. The van der Waals surface area contributed by atoms with Crippen LogP contribution in [0.25, 0.3) is 28.7 Å². The quantitative estimate of drug-likeness (QED) is 0.357. The summed E-state index contributed by atoms with van der Waals surface area (Å²) in [5.41, 5.74) is 0.0984. The van der Waals surface area contributed by atoms with Crippen LogP contribution in [-0.2, 0) is 16.9 Å². The molecule has 0 radical (unpaired) electrons. The molecule has 0 amide bonds. The molecular weight excluding hydrogens is 512 g/mol. The molecule has 3 aromatic rings. The fourth-order valence-corrected chi connectivity index (χ4v) is 4.76. The monoisotopic (exact) mass is 530 g/mol. The average molecular weight is 531 g/mol. The number of alkyl halides is 3. The molecule has 0 unspecified atom stereocenters. The molecule has 0 N–H and O–H groups in total. The summed E-state index contributed by atoms with van der Waals surface area (Å²) in [5, 5.41) is 0.720. The van der Waals surface area contributed by atoms with Gasteiger partial charge in [-0.15, -0.1) is 0 Å². The number of hydrogen-bond acceptors (Lipinski definition) is 5. The number of imidazole rings is 1. The fourth-order valence-electron chi connectivity index (χ4n) is 3.18. The second-order valence-electron chi connectivity index (χ2n) is 7.28. The van der Waals surface area contributed by atoms with Crippen LogP contribution in [0.1, 0.15) is 18.3 Å². The van der Waals surface area contributed by atoms with Crippen molar-refractivity contribution in [2.24, 2.45) is 12.0 Å². The molecule has 3 rings (SSSR count). The molecule has 0 atom stereocenters. The molecule has 2 heterocycles. The van der Waals surface area contributed by atoms with Gasteiger partial charge >= 0.3 is 6.18 Å². The van der Waals surface area contributed by atoms with Crippen molar-refractivity contribution in [1.29, 1.82) is 0 Å². The van der Waals surface area contributed by atoms with Gasteiger partial charge < -0.3 is 4.57 Å². The van der Waals surface area contributed by atoms with E-state index in [2.05, 4.69) is 21.7 Å². The normalized spacial score (nSPS) is 12.8. The largest absolute Gasteiger partial charge is 0.433 e. The van der Waals surface area contributed by atoms with Crippen LogP contribution in [0.15, 0.2) is 46.0 Å². The van der Waals surface area contributed by atoms with Crippen LogP contribution in [0.5, 0.6) is 0 Å². The minimum absolute atomic E-state index is 0.00379. The lowest BCUT2D eigenvalue weighted by Crippen LogP contribution is -2.09. The Hall–Kier alpha value is -2.69. The zero-order valence-electron chi connectivity index (χ0n) is 18.3. The van der Waals surface area contributed by atoms with Crippen molar-refractivity contribution in [2.75, 3.05) is 5.75 Å². The third kappa shape index (κ3) is 5.18. The van der Waals surface area contributed by atoms with E-state index < -0.39 is 21.7 Å². The number of aliphatic imine (C=N–C) groups is 1. The smallest absolute Gasteiger partial charge is 0.329 e. The Bertz CT molecular complexity index is 1390. The number of rotatable bonds is 6. The first-order valence-corrected chi connectivity index (χ1v) is 12.2. The first-order valence-electron chi connectivity index (χ1n) is 9.77. The van der Waals surface area contributed by atoms with Crippen molar-refractivity contribution in [2.45, 2.75) is 24.9 Å². The molecule has 0 aliphatic heterocycles. The van der Waals surface area contributed by atoms with Crippen LogP contribution >= 0.6 is 23.2 Å². The van der Waals surface area contributed by atoms with Gasteiger partial charge in [0, 0.05) is 34.5 Å². The van der Waals surface area contributed by atoms with E-state index in [9.17, 15) is 21.6 Å². The molecule has 0 spiro atoms. The van der Waals surface area contributed by atoms with Crippen molar-refractivity contribution in [1.82, 2.24) is 14.5 Å². The maximum Gasteiger partial charge on any atom is 0.433 e. The van der Waals surface area contributed by atoms with E-state index in [-0.39, 0.29) is 27.9 Å². The first kappa shape index (κ1) is 25.9. The summed E-state index contributed by atoms with van der Waals surface area (Å²) in [6.07, 6.45) is -2.54. The number of nitrogens with zero attached hydrogens (tertiary/aromatic N) is 4. The summed E-state index contributed by atoms with van der Waals surface area (Å²) in [7, 11) is -2.25. The minimum Gasteiger partial charge on any atom is -0.329 e. The minimum atomic E-state index is -4.72. The average Bonchev–Trinajstić information content (AvgIpc) is 3.03. The zero-order chi connectivity index (χ0) is 25.4. The van der Waals surface area contributed by atoms with E-state index in [0.717, 1.165) is 6.08 Å². The molecule has 180 valence electrons. The van der Waals surface area contributed by atoms with E-state index in [4.69, 9.17) is 23.2 Å². The van der Waals surface area contributed by atoms with Crippen LogP contribution in [0.3, 0.4) is 0 Å². The van der Waals surface area contributed by atoms with Crippen molar-refractivity contribution >= 4 is 45.8 Å². The second kappa shape index (κ2) is 9.52. The lowest BCUT2D eigenvalue weighted by Gasteiger charge is -2.12. The molecular formula is C22H19Cl2F3N4O2S. The van der Waals surface area contributed by atoms with Crippen molar-refractivity contribution in [3.63, 3.8) is 0 Å². The summed E-state index contributed by atoms with van der Waals surface area (Å²) in [5.74, 6) is -0.145. The van der Waals surface area contributed by atoms with Gasteiger partial charge in [-0.3, -0.25) is 9.98 Å². The maximum absolute atomic E-state index is 13.1. The number of allylic oxidation sites excluding steroid dienone is 1. The highest BCUT2D eigenvalue weighted by Gasteiger charge is 2.34. The Balaban J connectivity index is 2.26. The number of halogens is 5. The molecule has 0 saturated heterocycles. The number of benzene rings is 1. The van der Waals surface area contributed by atoms with Crippen LogP contribution in [-0.4, -0.2) is 41.6 Å². The first-order chi connectivity index (χ1) is 15.8. The summed E-state index contributed by atoms with van der Waals surface area (Å²) in [4.78, 5) is 11.5. The van der Waals surface area contributed by atoms with Crippen LogP contribution in [0.2, 0.25) is 10.0 Å². The Labute approximate surface area is 204 Å². The number of aromatic nitrogens is 3. The molecule has 0 fully saturated rings. The summed E-state index contributed by atoms with van der Waals surface area (Å²) < 4.78 is 66.8. The molecule has 0 aliphatic rings. The SMILES string of the molecule is C=N/C(=C\c1nc(-c2ncc(-c3cc(Cl)cc(Cl)c3)cc2S(=O)(=O)CC)n(C)c1C)C(F)(F)F. The molecule has 2 aromatic heterocycles. The third-order valence-electron chi connectivity index (χ3n) is 5.13. The fraction of sp³-hybridized carbons (Fsp3) is 0.227. The lowest BCUT2D eigenvalue weighted by atomic mass is 10.1. The van der Waals surface area contributed by atoms with Gasteiger partial charge in [0.25, 0.3) is 0 Å². The van der Waals surface area contributed by atoms with Gasteiger partial charge in [0.05, 0.1) is 16.3 Å². The van der Waals surface area contributed by atoms with Gasteiger partial charge in [0.1, 0.15) is 11.4 Å². The van der Waals surface area contributed by atoms with E-state index in [0.29, 0.717) is 26.9 Å². The number of hydrogen-bond donors (Lipinski definition) is 0. The van der Waals surface area contributed by atoms with E-state index in [1.165, 1.54) is 29.8 Å². The molecule has 0 saturated carbocycles. The lowest BCUT2D eigenvalue weighted by molar-refractivity contribution is -0.0912. The Kier molecular flexibility index (Phi) is 7.26. The maximum atomic E-state index is 13.1. The molecule has 1 aromatic carbocycles. The zero-order valence-corrected chi connectivity index (χ0v) is 20.6. The van der Waals surface area contributed by atoms with Gasteiger partial charge in [0.2, 0.25) is 0 Å². The summed E-state index contributed by atoms with van der Waals surface area (Å²) in [6, 6.07) is 6.19. The predicted molar refractivity (Wildman–Crippen MR) is 128 cm³/mol. The second-order valence-corrected chi connectivity index (χ2v) is 10.4. The van der Waals surface area contributed by atoms with Gasteiger partial charge in [-0.1, -0.05) is 30.1 Å². The Morgan fingerprint density at radius 1 is 1.18 bits per heavy atom. The molecule has 12 heteroatoms. The molecule has 0 bridgehead atoms. The van der Waals surface area contributed by atoms with Gasteiger partial charge in [-0.25, -0.2) is 13.4 Å². The highest BCUT2D eigenvalue weighted by molar-refractivity contribution is 7.91. The van der Waals surface area contributed by atoms with Crippen LogP contribution in [0.4, 0.5) is 13.2 Å². The standard InChI is InChI=1S/C22H19Cl2F3N4O2S/c1-5-34(32,33)18-8-14(13-6-15(23)9-16(24)7-13)11-29-20(18)21-30-17(12(2)31(21)4)10-19(28-3)22(25,26)27/h6-11H,3,5H2,1-2,4H3/b19-10-. The highest BCUT2D eigenvalue weighted by Crippen LogP contribution is 2.34. The number of sulfone groups is 1. The van der Waals surface area contributed by atoms with Crippen molar-refractivity contribution < 1.29 is 21.6 Å². The predicted octanol–water partition coefficient (Wildman–Crippen LogP) is 6.16. The van der Waals surface area contributed by atoms with Gasteiger partial charge in [-0.2, -0.15) is 13.2 Å². The van der Waals surface area contributed by atoms with E-state index in [1.807, 2.05) is 0 Å². The highest BCUT2D eigenvalue weighted by atomic mass is 35.5. The Morgan fingerprint density at radius 2 is 1.79 bits per heavy atom. The van der Waals surface area contributed by atoms with Gasteiger partial charge in [-0.05, 0) is 49.5 Å². The van der Waals surface area contributed by atoms with E-state index in [1.54, 1.807) is 26.1 Å². The van der Waals surface area contributed by atoms with Crippen LogP contribution < -0.4 is 0 Å². The van der Waals surface area contributed by atoms with E-state index >= 15 is 0 Å². The summed E-state index contributed by atoms with van der Waals surface area (Å²) in [6.45, 7) is 5.99. The van der Waals surface area contributed by atoms with Crippen molar-refractivity contribution in [3.8, 4) is 22.6 Å². The molecule has 0 aliphatic carbocycles. The topological polar surface area (TPSA) is 77.2 Å². The Morgan fingerprint density at radius 3 is 2.32 bits per heavy atom. The van der Waals surface area contributed by atoms with Crippen molar-refractivity contribution in [3.05, 3.63) is 57.6 Å². The van der Waals surface area contributed by atoms with Gasteiger partial charge in [0.15, 0.2) is 15.7 Å². The third-order valence-corrected chi connectivity index (χ3v) is 7.31. The summed E-state index contributed by atoms with van der Waals surface area (Å²) >= 11 is 12.2. The van der Waals surface area contributed by atoms with Crippen LogP contribution in [0, 0.1) is 6.92 Å².